The summed E-state index contributed by atoms with van der Waals surface area (Å²) < 4.78 is 27.7. The van der Waals surface area contributed by atoms with Crippen LogP contribution in [0.2, 0.25) is 0 Å². The van der Waals surface area contributed by atoms with Crippen molar-refractivity contribution in [2.24, 2.45) is 0 Å². The van der Waals surface area contributed by atoms with Crippen molar-refractivity contribution in [3.8, 4) is 0 Å². The Morgan fingerprint density at radius 1 is 1.24 bits per heavy atom. The van der Waals surface area contributed by atoms with Gasteiger partial charge in [-0.25, -0.2) is 13.1 Å². The van der Waals surface area contributed by atoms with E-state index in [0.29, 0.717) is 12.1 Å². The van der Waals surface area contributed by atoms with E-state index in [-0.39, 0.29) is 17.3 Å². The SMILES string of the molecule is C=CCNS(=O)(=O)c1cccc(C(=O)N(C)Cc2ccc(Br)cc2)c1. The number of halogens is 1. The quantitative estimate of drug-likeness (QED) is 0.696. The van der Waals surface area contributed by atoms with E-state index >= 15 is 0 Å². The summed E-state index contributed by atoms with van der Waals surface area (Å²) in [6, 6.07) is 13.7. The van der Waals surface area contributed by atoms with Crippen molar-refractivity contribution in [3.05, 3.63) is 76.8 Å². The number of sulfonamides is 1. The lowest BCUT2D eigenvalue weighted by molar-refractivity contribution is 0.0785. The number of hydrogen-bond donors (Lipinski definition) is 1. The second-order valence-corrected chi connectivity index (χ2v) is 8.14. The molecule has 0 spiro atoms. The number of amides is 1. The van der Waals surface area contributed by atoms with Crippen molar-refractivity contribution in [2.75, 3.05) is 13.6 Å². The highest BCUT2D eigenvalue weighted by Crippen LogP contribution is 2.15. The van der Waals surface area contributed by atoms with Gasteiger partial charge >= 0.3 is 0 Å². The molecule has 5 nitrogen and oxygen atoms in total. The molecule has 0 heterocycles. The van der Waals surface area contributed by atoms with Gasteiger partial charge in [0.1, 0.15) is 0 Å². The van der Waals surface area contributed by atoms with Gasteiger partial charge in [0.2, 0.25) is 10.0 Å². The molecule has 0 aromatic heterocycles. The van der Waals surface area contributed by atoms with E-state index in [4.69, 9.17) is 0 Å². The third-order valence-electron chi connectivity index (χ3n) is 3.49. The molecular weight excluding hydrogens is 404 g/mol. The predicted octanol–water partition coefficient (Wildman–Crippen LogP) is 3.19. The monoisotopic (exact) mass is 422 g/mol. The molecule has 0 saturated heterocycles. The van der Waals surface area contributed by atoms with Crippen LogP contribution in [0.3, 0.4) is 0 Å². The predicted molar refractivity (Wildman–Crippen MR) is 102 cm³/mol. The molecule has 0 bridgehead atoms. The molecule has 1 amide bonds. The van der Waals surface area contributed by atoms with Crippen LogP contribution in [0.1, 0.15) is 15.9 Å². The molecule has 25 heavy (non-hydrogen) atoms. The number of carbonyl (C=O) groups excluding carboxylic acids is 1. The lowest BCUT2D eigenvalue weighted by atomic mass is 10.1. The standard InChI is InChI=1S/C18H19BrN2O3S/c1-3-11-20-25(23,24)17-6-4-5-15(12-17)18(22)21(2)13-14-7-9-16(19)10-8-14/h3-10,12,20H,1,11,13H2,2H3. The number of nitrogens with zero attached hydrogens (tertiary/aromatic N) is 1. The molecule has 7 heteroatoms. The lowest BCUT2D eigenvalue weighted by Gasteiger charge is -2.18. The number of nitrogens with one attached hydrogen (secondary N) is 1. The Kier molecular flexibility index (Phi) is 6.52. The van der Waals surface area contributed by atoms with E-state index in [2.05, 4.69) is 27.2 Å². The summed E-state index contributed by atoms with van der Waals surface area (Å²) in [7, 11) is -1.98. The minimum atomic E-state index is -3.66. The van der Waals surface area contributed by atoms with Crippen LogP contribution in [0.5, 0.6) is 0 Å². The maximum Gasteiger partial charge on any atom is 0.253 e. The Balaban J connectivity index is 2.17. The highest BCUT2D eigenvalue weighted by atomic mass is 79.9. The maximum atomic E-state index is 12.6. The molecule has 1 N–H and O–H groups in total. The second kappa shape index (κ2) is 8.42. The number of benzene rings is 2. The molecule has 132 valence electrons. The largest absolute Gasteiger partial charge is 0.337 e. The van der Waals surface area contributed by atoms with Crippen molar-refractivity contribution in [1.29, 1.82) is 0 Å². The van der Waals surface area contributed by atoms with Gasteiger partial charge in [0.25, 0.3) is 5.91 Å². The Morgan fingerprint density at radius 2 is 1.92 bits per heavy atom. The molecule has 0 aliphatic heterocycles. The average Bonchev–Trinajstić information content (AvgIpc) is 2.61. The summed E-state index contributed by atoms with van der Waals surface area (Å²) in [5, 5.41) is 0. The van der Waals surface area contributed by atoms with Crippen molar-refractivity contribution >= 4 is 31.9 Å². The summed E-state index contributed by atoms with van der Waals surface area (Å²) in [6.07, 6.45) is 1.46. The molecule has 0 radical (unpaired) electrons. The van der Waals surface area contributed by atoms with Gasteiger partial charge in [-0.3, -0.25) is 4.79 Å². The van der Waals surface area contributed by atoms with Crippen molar-refractivity contribution < 1.29 is 13.2 Å². The lowest BCUT2D eigenvalue weighted by Crippen LogP contribution is -2.27. The Bertz CT molecular complexity index is 864. The van der Waals surface area contributed by atoms with E-state index in [0.717, 1.165) is 10.0 Å². The van der Waals surface area contributed by atoms with Crippen LogP contribution in [0.15, 0.2) is 70.6 Å². The minimum absolute atomic E-state index is 0.0530. The molecule has 0 atom stereocenters. The third kappa shape index (κ3) is 5.26. The molecule has 2 aromatic rings. The molecule has 0 unspecified atom stereocenters. The van der Waals surface area contributed by atoms with E-state index in [9.17, 15) is 13.2 Å². The zero-order chi connectivity index (χ0) is 18.4. The van der Waals surface area contributed by atoms with Crippen LogP contribution < -0.4 is 4.72 Å². The summed E-state index contributed by atoms with van der Waals surface area (Å²) >= 11 is 3.37. The summed E-state index contributed by atoms with van der Waals surface area (Å²) in [4.78, 5) is 14.2. The highest BCUT2D eigenvalue weighted by Gasteiger charge is 2.17. The second-order valence-electron chi connectivity index (χ2n) is 5.46. The summed E-state index contributed by atoms with van der Waals surface area (Å²) in [5.74, 6) is -0.247. The Hall–Kier alpha value is -1.96. The van der Waals surface area contributed by atoms with Gasteiger partial charge in [-0.2, -0.15) is 0 Å². The third-order valence-corrected chi connectivity index (χ3v) is 5.44. The van der Waals surface area contributed by atoms with Crippen LogP contribution in [0.4, 0.5) is 0 Å². The molecule has 0 aliphatic rings. The summed E-state index contributed by atoms with van der Waals surface area (Å²) in [6.45, 7) is 4.04. The van der Waals surface area contributed by atoms with Crippen molar-refractivity contribution in [2.45, 2.75) is 11.4 Å². The highest BCUT2D eigenvalue weighted by molar-refractivity contribution is 9.10. The topological polar surface area (TPSA) is 66.5 Å². The van der Waals surface area contributed by atoms with Crippen molar-refractivity contribution in [3.63, 3.8) is 0 Å². The Labute approximate surface area is 156 Å². The maximum absolute atomic E-state index is 12.6. The van der Waals surface area contributed by atoms with Gasteiger partial charge in [-0.15, -0.1) is 6.58 Å². The molecule has 0 saturated carbocycles. The van der Waals surface area contributed by atoms with Gasteiger partial charge in [0.15, 0.2) is 0 Å². The van der Waals surface area contributed by atoms with Gasteiger partial charge in [0.05, 0.1) is 4.90 Å². The normalized spacial score (nSPS) is 11.1. The zero-order valence-corrected chi connectivity index (χ0v) is 16.2. The smallest absolute Gasteiger partial charge is 0.253 e. The first-order valence-electron chi connectivity index (χ1n) is 7.54. The van der Waals surface area contributed by atoms with Crippen molar-refractivity contribution in [1.82, 2.24) is 9.62 Å². The minimum Gasteiger partial charge on any atom is -0.337 e. The molecule has 0 fully saturated rings. The van der Waals surface area contributed by atoms with Gasteiger partial charge in [-0.05, 0) is 35.9 Å². The first-order valence-corrected chi connectivity index (χ1v) is 9.81. The Morgan fingerprint density at radius 3 is 2.56 bits per heavy atom. The molecule has 2 aromatic carbocycles. The molecule has 2 rings (SSSR count). The average molecular weight is 423 g/mol. The fourth-order valence-electron chi connectivity index (χ4n) is 2.20. The van der Waals surface area contributed by atoms with E-state index < -0.39 is 10.0 Å². The molecule has 0 aliphatic carbocycles. The van der Waals surface area contributed by atoms with Crippen LogP contribution in [0.25, 0.3) is 0 Å². The fourth-order valence-corrected chi connectivity index (χ4v) is 3.51. The number of rotatable bonds is 7. The van der Waals surface area contributed by atoms with E-state index in [1.165, 1.54) is 18.2 Å². The first-order chi connectivity index (χ1) is 11.8. The fraction of sp³-hybridized carbons (Fsp3) is 0.167. The summed E-state index contributed by atoms with van der Waals surface area (Å²) in [5.41, 5.74) is 1.30. The van der Waals surface area contributed by atoms with Gasteiger partial charge in [0, 0.05) is 30.2 Å². The zero-order valence-electron chi connectivity index (χ0n) is 13.8. The molecular formula is C18H19BrN2O3S. The number of hydrogen-bond acceptors (Lipinski definition) is 3. The number of carbonyl (C=O) groups is 1. The van der Waals surface area contributed by atoms with E-state index in [1.807, 2.05) is 24.3 Å². The van der Waals surface area contributed by atoms with Crippen LogP contribution >= 0.6 is 15.9 Å². The first kappa shape index (κ1) is 19.4. The van der Waals surface area contributed by atoms with E-state index in [1.54, 1.807) is 24.1 Å². The van der Waals surface area contributed by atoms with Gasteiger partial charge in [-0.1, -0.05) is 40.2 Å². The van der Waals surface area contributed by atoms with Gasteiger partial charge < -0.3 is 4.90 Å². The van der Waals surface area contributed by atoms with Crippen LogP contribution in [-0.2, 0) is 16.6 Å². The van der Waals surface area contributed by atoms with Crippen LogP contribution in [0, 0.1) is 0 Å². The van der Waals surface area contributed by atoms with Crippen LogP contribution in [-0.4, -0.2) is 32.8 Å².